The van der Waals surface area contributed by atoms with Crippen molar-refractivity contribution in [3.8, 4) is 5.69 Å². The predicted molar refractivity (Wildman–Crippen MR) is 79.9 cm³/mol. The lowest BCUT2D eigenvalue weighted by Crippen LogP contribution is -2.32. The number of hydrogen-bond donors (Lipinski definition) is 1. The molecule has 1 aromatic carbocycles. The second-order valence-corrected chi connectivity index (χ2v) is 6.46. The van der Waals surface area contributed by atoms with Gasteiger partial charge in [-0.25, -0.2) is 14.1 Å². The van der Waals surface area contributed by atoms with Gasteiger partial charge in [0.2, 0.25) is 0 Å². The van der Waals surface area contributed by atoms with E-state index in [2.05, 4.69) is 22.3 Å². The fourth-order valence-electron chi connectivity index (χ4n) is 2.44. The van der Waals surface area contributed by atoms with Crippen LogP contribution in [0.15, 0.2) is 30.9 Å². The Bertz CT molecular complexity index is 573. The summed E-state index contributed by atoms with van der Waals surface area (Å²) >= 11 is 1.97. The smallest absolute Gasteiger partial charge is 0.150 e. The maximum Gasteiger partial charge on any atom is 0.150 e. The molecule has 6 heteroatoms. The van der Waals surface area contributed by atoms with Crippen LogP contribution in [0.25, 0.3) is 5.69 Å². The highest BCUT2D eigenvalue weighted by molar-refractivity contribution is 8.00. The third-order valence-electron chi connectivity index (χ3n) is 3.57. The molecule has 2 aromatic rings. The summed E-state index contributed by atoms with van der Waals surface area (Å²) in [5, 5.41) is 7.94. The SMILES string of the molecule is CC1SCCCC1Nc1ccc(-n2cncn2)c(F)c1. The molecule has 1 aliphatic heterocycles. The number of thioether (sulfide) groups is 1. The Morgan fingerprint density at radius 1 is 1.45 bits per heavy atom. The van der Waals surface area contributed by atoms with Gasteiger partial charge in [-0.3, -0.25) is 0 Å². The van der Waals surface area contributed by atoms with Crippen LogP contribution in [-0.2, 0) is 0 Å². The molecule has 0 bridgehead atoms. The number of rotatable bonds is 3. The summed E-state index contributed by atoms with van der Waals surface area (Å²) in [4.78, 5) is 3.83. The first kappa shape index (κ1) is 13.4. The molecule has 3 rings (SSSR count). The van der Waals surface area contributed by atoms with Gasteiger partial charge in [0.05, 0.1) is 0 Å². The van der Waals surface area contributed by atoms with Crippen molar-refractivity contribution in [3.05, 3.63) is 36.7 Å². The van der Waals surface area contributed by atoms with Crippen molar-refractivity contribution >= 4 is 17.4 Å². The molecule has 1 saturated heterocycles. The normalized spacial score (nSPS) is 22.7. The van der Waals surface area contributed by atoms with Gasteiger partial charge >= 0.3 is 0 Å². The van der Waals surface area contributed by atoms with E-state index in [1.54, 1.807) is 6.07 Å². The van der Waals surface area contributed by atoms with E-state index >= 15 is 0 Å². The molecule has 1 fully saturated rings. The van der Waals surface area contributed by atoms with Crippen molar-refractivity contribution < 1.29 is 4.39 Å². The second kappa shape index (κ2) is 5.83. The fraction of sp³-hybridized carbons (Fsp3) is 0.429. The van der Waals surface area contributed by atoms with Crippen LogP contribution in [0.1, 0.15) is 19.8 Å². The van der Waals surface area contributed by atoms with E-state index in [4.69, 9.17) is 0 Å². The van der Waals surface area contributed by atoms with Crippen molar-refractivity contribution in [2.45, 2.75) is 31.1 Å². The van der Waals surface area contributed by atoms with Crippen molar-refractivity contribution in [1.82, 2.24) is 14.8 Å². The zero-order chi connectivity index (χ0) is 13.9. The molecule has 2 unspecified atom stereocenters. The maximum absolute atomic E-state index is 14.1. The van der Waals surface area contributed by atoms with Crippen LogP contribution in [0.2, 0.25) is 0 Å². The van der Waals surface area contributed by atoms with Gasteiger partial charge in [-0.1, -0.05) is 6.92 Å². The number of aromatic nitrogens is 3. The first-order chi connectivity index (χ1) is 9.74. The summed E-state index contributed by atoms with van der Waals surface area (Å²) in [6.07, 6.45) is 5.24. The molecule has 1 aromatic heterocycles. The molecule has 4 nitrogen and oxygen atoms in total. The zero-order valence-electron chi connectivity index (χ0n) is 11.3. The van der Waals surface area contributed by atoms with Crippen molar-refractivity contribution in [1.29, 1.82) is 0 Å². The molecule has 2 heterocycles. The molecule has 0 saturated carbocycles. The Morgan fingerprint density at radius 3 is 3.05 bits per heavy atom. The lowest BCUT2D eigenvalue weighted by Gasteiger charge is -2.30. The molecule has 0 spiro atoms. The molecular formula is C14H17FN4S. The van der Waals surface area contributed by atoms with Crippen LogP contribution in [-0.4, -0.2) is 31.8 Å². The standard InChI is InChI=1S/C14H17FN4S/c1-10-13(3-2-6-20-10)18-11-4-5-14(12(15)7-11)19-9-16-8-17-19/h4-5,7-10,13,18H,2-3,6H2,1H3. The minimum Gasteiger partial charge on any atom is -0.381 e. The molecule has 1 aliphatic rings. The van der Waals surface area contributed by atoms with E-state index in [9.17, 15) is 4.39 Å². The third kappa shape index (κ3) is 2.80. The Balaban J connectivity index is 1.77. The van der Waals surface area contributed by atoms with Gasteiger partial charge in [0, 0.05) is 17.0 Å². The Hall–Kier alpha value is -1.56. The first-order valence-corrected chi connectivity index (χ1v) is 7.81. The van der Waals surface area contributed by atoms with E-state index in [1.807, 2.05) is 17.8 Å². The molecule has 0 aliphatic carbocycles. The van der Waals surface area contributed by atoms with E-state index in [1.165, 1.54) is 35.6 Å². The largest absolute Gasteiger partial charge is 0.381 e. The number of benzene rings is 1. The predicted octanol–water partition coefficient (Wildman–Crippen LogP) is 3.10. The molecular weight excluding hydrogens is 275 g/mol. The van der Waals surface area contributed by atoms with Gasteiger partial charge < -0.3 is 5.32 Å². The quantitative estimate of drug-likeness (QED) is 0.944. The summed E-state index contributed by atoms with van der Waals surface area (Å²) in [5.74, 6) is 0.926. The summed E-state index contributed by atoms with van der Waals surface area (Å²) in [6, 6.07) is 5.56. The Morgan fingerprint density at radius 2 is 2.35 bits per heavy atom. The van der Waals surface area contributed by atoms with Crippen molar-refractivity contribution in [2.24, 2.45) is 0 Å². The van der Waals surface area contributed by atoms with Gasteiger partial charge in [0.1, 0.15) is 18.3 Å². The monoisotopic (exact) mass is 292 g/mol. The highest BCUT2D eigenvalue weighted by atomic mass is 32.2. The van der Waals surface area contributed by atoms with E-state index in [0.29, 0.717) is 17.0 Å². The van der Waals surface area contributed by atoms with E-state index in [0.717, 1.165) is 12.1 Å². The van der Waals surface area contributed by atoms with Gasteiger partial charge in [-0.05, 0) is 36.8 Å². The van der Waals surface area contributed by atoms with E-state index in [-0.39, 0.29) is 5.82 Å². The molecule has 2 atom stereocenters. The van der Waals surface area contributed by atoms with Gasteiger partial charge in [0.15, 0.2) is 5.82 Å². The highest BCUT2D eigenvalue weighted by Crippen LogP contribution is 2.28. The maximum atomic E-state index is 14.1. The number of anilines is 1. The van der Waals surface area contributed by atoms with Gasteiger partial charge in [-0.2, -0.15) is 16.9 Å². The zero-order valence-corrected chi connectivity index (χ0v) is 12.1. The van der Waals surface area contributed by atoms with Gasteiger partial charge in [-0.15, -0.1) is 0 Å². The average Bonchev–Trinajstić information content (AvgIpc) is 2.95. The third-order valence-corrected chi connectivity index (χ3v) is 4.95. The Kier molecular flexibility index (Phi) is 3.91. The molecule has 0 radical (unpaired) electrons. The fourth-order valence-corrected chi connectivity index (χ4v) is 3.58. The summed E-state index contributed by atoms with van der Waals surface area (Å²) in [7, 11) is 0. The summed E-state index contributed by atoms with van der Waals surface area (Å²) in [5.41, 5.74) is 1.24. The molecule has 20 heavy (non-hydrogen) atoms. The van der Waals surface area contributed by atoms with Crippen LogP contribution in [0, 0.1) is 5.82 Å². The van der Waals surface area contributed by atoms with Crippen LogP contribution in [0.5, 0.6) is 0 Å². The van der Waals surface area contributed by atoms with Crippen molar-refractivity contribution in [3.63, 3.8) is 0 Å². The average molecular weight is 292 g/mol. The number of nitrogens with one attached hydrogen (secondary N) is 1. The highest BCUT2D eigenvalue weighted by Gasteiger charge is 2.21. The first-order valence-electron chi connectivity index (χ1n) is 6.77. The number of halogens is 1. The van der Waals surface area contributed by atoms with Gasteiger partial charge in [0.25, 0.3) is 0 Å². The molecule has 0 amide bonds. The minimum absolute atomic E-state index is 0.295. The lowest BCUT2D eigenvalue weighted by molar-refractivity contribution is 0.604. The van der Waals surface area contributed by atoms with Crippen LogP contribution in [0.4, 0.5) is 10.1 Å². The number of nitrogens with zero attached hydrogens (tertiary/aromatic N) is 3. The van der Waals surface area contributed by atoms with Crippen LogP contribution >= 0.6 is 11.8 Å². The van der Waals surface area contributed by atoms with Crippen LogP contribution in [0.3, 0.4) is 0 Å². The Labute approximate surface area is 121 Å². The summed E-state index contributed by atoms with van der Waals surface area (Å²) < 4.78 is 15.6. The summed E-state index contributed by atoms with van der Waals surface area (Å²) in [6.45, 7) is 2.22. The van der Waals surface area contributed by atoms with Crippen molar-refractivity contribution in [2.75, 3.05) is 11.1 Å². The van der Waals surface area contributed by atoms with Crippen LogP contribution < -0.4 is 5.32 Å². The lowest BCUT2D eigenvalue weighted by atomic mass is 10.1. The van der Waals surface area contributed by atoms with E-state index < -0.39 is 0 Å². The molecule has 1 N–H and O–H groups in total. The molecule has 106 valence electrons. The number of hydrogen-bond acceptors (Lipinski definition) is 4. The minimum atomic E-state index is -0.295. The second-order valence-electron chi connectivity index (χ2n) is 4.98. The topological polar surface area (TPSA) is 42.7 Å².